The highest BCUT2D eigenvalue weighted by Gasteiger charge is 2.28. The molecule has 1 saturated heterocycles. The van der Waals surface area contributed by atoms with E-state index in [9.17, 15) is 13.2 Å². The third-order valence-electron chi connectivity index (χ3n) is 4.14. The van der Waals surface area contributed by atoms with Gasteiger partial charge in [-0.3, -0.25) is 4.79 Å². The van der Waals surface area contributed by atoms with Crippen molar-refractivity contribution in [3.8, 4) is 0 Å². The van der Waals surface area contributed by atoms with Gasteiger partial charge in [0.2, 0.25) is 5.91 Å². The summed E-state index contributed by atoms with van der Waals surface area (Å²) < 4.78 is 26.9. The number of amides is 1. The van der Waals surface area contributed by atoms with Crippen LogP contribution in [0.25, 0.3) is 0 Å². The molecule has 0 radical (unpaired) electrons. The average Bonchev–Trinajstić information content (AvgIpc) is 3.33. The lowest BCUT2D eigenvalue weighted by molar-refractivity contribution is -0.120. The van der Waals surface area contributed by atoms with Crippen molar-refractivity contribution >= 4 is 50.6 Å². The van der Waals surface area contributed by atoms with Gasteiger partial charge in [0.1, 0.15) is 4.21 Å². The Bertz CT molecular complexity index is 876. The van der Waals surface area contributed by atoms with Crippen LogP contribution >= 0.6 is 34.7 Å². The fourth-order valence-corrected chi connectivity index (χ4v) is 6.68. The molecule has 1 amide bonds. The Labute approximate surface area is 173 Å². The molecule has 1 N–H and O–H groups in total. The van der Waals surface area contributed by atoms with Crippen molar-refractivity contribution in [2.75, 3.05) is 25.4 Å². The maximum absolute atomic E-state index is 12.5. The van der Waals surface area contributed by atoms with Gasteiger partial charge in [-0.2, -0.15) is 4.31 Å². The molecule has 3 rings (SSSR count). The van der Waals surface area contributed by atoms with E-state index >= 15 is 0 Å². The van der Waals surface area contributed by atoms with Crippen LogP contribution in [0, 0.1) is 0 Å². The van der Waals surface area contributed by atoms with Crippen LogP contribution in [0.5, 0.6) is 0 Å². The number of carbonyl (C=O) groups excluding carboxylic acids is 1. The van der Waals surface area contributed by atoms with Crippen LogP contribution in [-0.2, 0) is 21.2 Å². The molecule has 0 aliphatic carbocycles. The van der Waals surface area contributed by atoms with Crippen LogP contribution in [-0.4, -0.2) is 44.0 Å². The summed E-state index contributed by atoms with van der Waals surface area (Å²) in [5.41, 5.74) is 0. The van der Waals surface area contributed by atoms with Crippen LogP contribution in [0.15, 0.2) is 45.5 Å². The maximum atomic E-state index is 12.5. The topological polar surface area (TPSA) is 66.5 Å². The number of thiophene rings is 1. The monoisotopic (exact) mass is 444 g/mol. The van der Waals surface area contributed by atoms with E-state index in [2.05, 4.69) is 5.32 Å². The second kappa shape index (κ2) is 9.43. The number of thioether (sulfide) groups is 1. The first-order valence-corrected chi connectivity index (χ1v) is 12.3. The zero-order chi connectivity index (χ0) is 19.3. The predicted molar refractivity (Wildman–Crippen MR) is 111 cm³/mol. The van der Waals surface area contributed by atoms with E-state index in [4.69, 9.17) is 11.6 Å². The molecule has 1 fully saturated rings. The molecular weight excluding hydrogens is 424 g/mol. The molecule has 1 aromatic heterocycles. The van der Waals surface area contributed by atoms with Crippen LogP contribution in [0.2, 0.25) is 5.02 Å². The summed E-state index contributed by atoms with van der Waals surface area (Å²) in [5.74, 6) is 0.658. The van der Waals surface area contributed by atoms with Gasteiger partial charge in [-0.1, -0.05) is 11.6 Å². The molecule has 0 saturated carbocycles. The van der Waals surface area contributed by atoms with Gasteiger partial charge < -0.3 is 5.32 Å². The second-order valence-corrected chi connectivity index (χ2v) is 11.1. The maximum Gasteiger partial charge on any atom is 0.252 e. The summed E-state index contributed by atoms with van der Waals surface area (Å²) in [7, 11) is -3.40. The molecule has 1 aliphatic rings. The average molecular weight is 445 g/mol. The fourth-order valence-electron chi connectivity index (χ4n) is 2.76. The number of carbonyl (C=O) groups is 1. The van der Waals surface area contributed by atoms with E-state index in [1.54, 1.807) is 23.9 Å². The number of benzene rings is 1. The van der Waals surface area contributed by atoms with E-state index in [1.165, 1.54) is 15.6 Å². The molecule has 146 valence electrons. The summed E-state index contributed by atoms with van der Waals surface area (Å²) in [5, 5.41) is 3.58. The summed E-state index contributed by atoms with van der Waals surface area (Å²) in [6, 6.07) is 10.9. The molecular formula is C18H21ClN2O3S3. The molecule has 0 bridgehead atoms. The Morgan fingerprint density at radius 2 is 1.85 bits per heavy atom. The van der Waals surface area contributed by atoms with E-state index in [0.717, 1.165) is 28.4 Å². The summed E-state index contributed by atoms with van der Waals surface area (Å²) in [6.45, 7) is 1.72. The largest absolute Gasteiger partial charge is 0.355 e. The molecule has 27 heavy (non-hydrogen) atoms. The quantitative estimate of drug-likeness (QED) is 0.498. The standard InChI is InChI=1S/C18H21ClN2O3S3/c19-14-3-5-15(6-4-14)25-12-9-20-17(22)13-16-7-8-18(26-16)27(23,24)21-10-1-2-11-21/h3-8H,1-2,9-13H2,(H,20,22). The Kier molecular flexibility index (Phi) is 7.22. The number of halogens is 1. The normalized spacial score (nSPS) is 15.1. The lowest BCUT2D eigenvalue weighted by Gasteiger charge is -2.13. The van der Waals surface area contributed by atoms with Gasteiger partial charge >= 0.3 is 0 Å². The van der Waals surface area contributed by atoms with Gasteiger partial charge in [0.05, 0.1) is 6.42 Å². The van der Waals surface area contributed by atoms with Crippen molar-refractivity contribution in [3.63, 3.8) is 0 Å². The van der Waals surface area contributed by atoms with Crippen molar-refractivity contribution in [2.24, 2.45) is 0 Å². The third kappa shape index (κ3) is 5.71. The van der Waals surface area contributed by atoms with E-state index in [0.29, 0.717) is 28.9 Å². The Morgan fingerprint density at radius 3 is 2.56 bits per heavy atom. The Morgan fingerprint density at radius 1 is 1.15 bits per heavy atom. The first-order chi connectivity index (χ1) is 12.9. The molecule has 2 heterocycles. The first-order valence-electron chi connectivity index (χ1n) is 8.69. The van der Waals surface area contributed by atoms with Gasteiger partial charge in [0.15, 0.2) is 0 Å². The molecule has 0 spiro atoms. The Hall–Kier alpha value is -1.06. The number of sulfonamides is 1. The molecule has 1 aliphatic heterocycles. The number of nitrogens with one attached hydrogen (secondary N) is 1. The summed E-state index contributed by atoms with van der Waals surface area (Å²) >= 11 is 8.68. The minimum absolute atomic E-state index is 0.0984. The fraction of sp³-hybridized carbons (Fsp3) is 0.389. The van der Waals surface area contributed by atoms with Gasteiger partial charge in [-0.15, -0.1) is 23.1 Å². The van der Waals surface area contributed by atoms with Crippen LogP contribution in [0.1, 0.15) is 17.7 Å². The van der Waals surface area contributed by atoms with Gasteiger partial charge in [0, 0.05) is 40.2 Å². The molecule has 9 heteroatoms. The number of hydrogen-bond donors (Lipinski definition) is 1. The molecule has 5 nitrogen and oxygen atoms in total. The van der Waals surface area contributed by atoms with Gasteiger partial charge in [-0.05, 0) is 49.2 Å². The third-order valence-corrected chi connectivity index (χ3v) is 8.85. The minimum Gasteiger partial charge on any atom is -0.355 e. The Balaban J connectivity index is 1.44. The van der Waals surface area contributed by atoms with Crippen molar-refractivity contribution in [1.29, 1.82) is 0 Å². The highest BCUT2D eigenvalue weighted by atomic mass is 35.5. The van der Waals surface area contributed by atoms with Crippen molar-refractivity contribution in [2.45, 2.75) is 28.4 Å². The number of nitrogens with zero attached hydrogens (tertiary/aromatic N) is 1. The van der Waals surface area contributed by atoms with Crippen molar-refractivity contribution in [1.82, 2.24) is 9.62 Å². The summed E-state index contributed by atoms with van der Waals surface area (Å²) in [6.07, 6.45) is 2.02. The summed E-state index contributed by atoms with van der Waals surface area (Å²) in [4.78, 5) is 14.0. The zero-order valence-electron chi connectivity index (χ0n) is 14.7. The molecule has 0 unspecified atom stereocenters. The van der Waals surface area contributed by atoms with Gasteiger partial charge in [-0.25, -0.2) is 8.42 Å². The SMILES string of the molecule is O=C(Cc1ccc(S(=O)(=O)N2CCCC2)s1)NCCSc1ccc(Cl)cc1. The lowest BCUT2D eigenvalue weighted by Crippen LogP contribution is -2.27. The van der Waals surface area contributed by atoms with Crippen molar-refractivity contribution < 1.29 is 13.2 Å². The smallest absolute Gasteiger partial charge is 0.252 e. The highest BCUT2D eigenvalue weighted by Crippen LogP contribution is 2.27. The number of hydrogen-bond acceptors (Lipinski definition) is 5. The molecule has 1 aromatic carbocycles. The lowest BCUT2D eigenvalue weighted by atomic mass is 10.3. The van der Waals surface area contributed by atoms with E-state index in [1.807, 2.05) is 24.3 Å². The zero-order valence-corrected chi connectivity index (χ0v) is 17.9. The number of rotatable bonds is 8. The van der Waals surface area contributed by atoms with E-state index < -0.39 is 10.0 Å². The minimum atomic E-state index is -3.40. The second-order valence-electron chi connectivity index (χ2n) is 6.16. The predicted octanol–water partition coefficient (Wildman–Crippen LogP) is 3.64. The van der Waals surface area contributed by atoms with Crippen LogP contribution in [0.4, 0.5) is 0 Å². The van der Waals surface area contributed by atoms with Crippen molar-refractivity contribution in [3.05, 3.63) is 46.3 Å². The molecule has 0 atom stereocenters. The first kappa shape index (κ1) is 20.7. The van der Waals surface area contributed by atoms with Crippen LogP contribution < -0.4 is 5.32 Å². The van der Waals surface area contributed by atoms with Gasteiger partial charge in [0.25, 0.3) is 10.0 Å². The highest BCUT2D eigenvalue weighted by molar-refractivity contribution is 7.99. The van der Waals surface area contributed by atoms with Crippen LogP contribution in [0.3, 0.4) is 0 Å². The van der Waals surface area contributed by atoms with E-state index in [-0.39, 0.29) is 12.3 Å². The molecule has 2 aromatic rings.